The van der Waals surface area contributed by atoms with E-state index in [-0.39, 0.29) is 36.1 Å². The molecule has 0 unspecified atom stereocenters. The van der Waals surface area contributed by atoms with E-state index < -0.39 is 12.1 Å². The first-order chi connectivity index (χ1) is 13.9. The first kappa shape index (κ1) is 20.3. The number of nitrogens with zero attached hydrogens (tertiary/aromatic N) is 2. The smallest absolute Gasteiger partial charge is 0.338 e. The molecular weight excluding hydrogens is 372 g/mol. The molecule has 7 heteroatoms. The topological polar surface area (TPSA) is 84.0 Å². The highest BCUT2D eigenvalue weighted by Crippen LogP contribution is 2.24. The second-order valence-electron chi connectivity index (χ2n) is 6.90. The highest BCUT2D eigenvalue weighted by molar-refractivity contribution is 6.20. The van der Waals surface area contributed by atoms with E-state index in [0.29, 0.717) is 12.2 Å². The standard InChI is InChI=1S/C22H22N2O5/c1-15(21(27)23(2)14-16-7-4-3-5-8-16)29-22(28)17-9-6-10-18(13-17)24-19(25)11-12-20(24)26/h3-10,13,15H,11-12,14H2,1-2H3/t15-/m0/s1. The SMILES string of the molecule is C[C@H](OC(=O)c1cccc(N2C(=O)CCC2=O)c1)C(=O)N(C)Cc1ccccc1. The highest BCUT2D eigenvalue weighted by Gasteiger charge is 2.31. The number of benzene rings is 2. The van der Waals surface area contributed by atoms with Crippen molar-refractivity contribution in [2.75, 3.05) is 11.9 Å². The molecule has 0 spiro atoms. The summed E-state index contributed by atoms with van der Waals surface area (Å²) in [6, 6.07) is 15.6. The lowest BCUT2D eigenvalue weighted by atomic mass is 10.2. The molecule has 1 aliphatic heterocycles. The number of hydrogen-bond donors (Lipinski definition) is 0. The fraction of sp³-hybridized carbons (Fsp3) is 0.273. The number of rotatable bonds is 6. The summed E-state index contributed by atoms with van der Waals surface area (Å²) in [6.45, 7) is 1.91. The summed E-state index contributed by atoms with van der Waals surface area (Å²) < 4.78 is 5.31. The Labute approximate surface area is 168 Å². The van der Waals surface area contributed by atoms with Gasteiger partial charge in [-0.1, -0.05) is 36.4 Å². The first-order valence-electron chi connectivity index (χ1n) is 9.32. The second kappa shape index (κ2) is 8.68. The largest absolute Gasteiger partial charge is 0.449 e. The van der Waals surface area contributed by atoms with Crippen LogP contribution in [0.15, 0.2) is 54.6 Å². The summed E-state index contributed by atoms with van der Waals surface area (Å²) in [4.78, 5) is 51.4. The third-order valence-electron chi connectivity index (χ3n) is 4.66. The molecule has 1 heterocycles. The molecule has 0 N–H and O–H groups in total. The van der Waals surface area contributed by atoms with E-state index in [2.05, 4.69) is 0 Å². The van der Waals surface area contributed by atoms with Gasteiger partial charge < -0.3 is 9.64 Å². The van der Waals surface area contributed by atoms with Gasteiger partial charge in [0.2, 0.25) is 11.8 Å². The van der Waals surface area contributed by atoms with Crippen molar-refractivity contribution in [1.29, 1.82) is 0 Å². The number of ether oxygens (including phenoxy) is 1. The average Bonchev–Trinajstić information content (AvgIpc) is 3.06. The van der Waals surface area contributed by atoms with Crippen LogP contribution < -0.4 is 4.90 Å². The molecule has 1 atom stereocenters. The summed E-state index contributed by atoms with van der Waals surface area (Å²) in [5, 5.41) is 0. The fourth-order valence-corrected chi connectivity index (χ4v) is 3.16. The Kier molecular flexibility index (Phi) is 6.07. The molecule has 1 saturated heterocycles. The van der Waals surface area contributed by atoms with E-state index in [0.717, 1.165) is 10.5 Å². The minimum Gasteiger partial charge on any atom is -0.449 e. The third-order valence-corrected chi connectivity index (χ3v) is 4.66. The quantitative estimate of drug-likeness (QED) is 0.555. The Bertz CT molecular complexity index is 925. The van der Waals surface area contributed by atoms with E-state index in [1.165, 1.54) is 24.0 Å². The van der Waals surface area contributed by atoms with Crippen LogP contribution in [-0.2, 0) is 25.7 Å². The number of amides is 3. The van der Waals surface area contributed by atoms with Crippen molar-refractivity contribution >= 4 is 29.4 Å². The molecule has 7 nitrogen and oxygen atoms in total. The van der Waals surface area contributed by atoms with Gasteiger partial charge in [-0.15, -0.1) is 0 Å². The molecule has 0 aromatic heterocycles. The van der Waals surface area contributed by atoms with Crippen molar-refractivity contribution in [1.82, 2.24) is 4.90 Å². The van der Waals surface area contributed by atoms with Crippen molar-refractivity contribution in [2.45, 2.75) is 32.4 Å². The Balaban J connectivity index is 1.65. The van der Waals surface area contributed by atoms with Gasteiger partial charge in [0.1, 0.15) is 0 Å². The van der Waals surface area contributed by atoms with Crippen LogP contribution in [-0.4, -0.2) is 41.7 Å². The molecule has 2 aromatic rings. The van der Waals surface area contributed by atoms with Crippen molar-refractivity contribution in [3.63, 3.8) is 0 Å². The van der Waals surface area contributed by atoms with Gasteiger partial charge in [-0.2, -0.15) is 0 Å². The molecule has 1 fully saturated rings. The van der Waals surface area contributed by atoms with E-state index in [1.807, 2.05) is 30.3 Å². The Hall–Kier alpha value is -3.48. The lowest BCUT2D eigenvalue weighted by Crippen LogP contribution is -2.37. The number of hydrogen-bond acceptors (Lipinski definition) is 5. The van der Waals surface area contributed by atoms with Crippen molar-refractivity contribution < 1.29 is 23.9 Å². The monoisotopic (exact) mass is 394 g/mol. The third kappa shape index (κ3) is 4.68. The number of esters is 1. The van der Waals surface area contributed by atoms with Gasteiger partial charge in [0, 0.05) is 26.4 Å². The molecule has 150 valence electrons. The maximum atomic E-state index is 12.5. The first-order valence-corrected chi connectivity index (χ1v) is 9.32. The summed E-state index contributed by atoms with van der Waals surface area (Å²) in [7, 11) is 1.64. The maximum Gasteiger partial charge on any atom is 0.338 e. The minimum absolute atomic E-state index is 0.160. The van der Waals surface area contributed by atoms with Gasteiger partial charge >= 0.3 is 5.97 Å². The van der Waals surface area contributed by atoms with Crippen molar-refractivity contribution in [3.8, 4) is 0 Å². The van der Waals surface area contributed by atoms with Gasteiger partial charge in [-0.05, 0) is 30.7 Å². The van der Waals surface area contributed by atoms with Crippen LogP contribution in [0, 0.1) is 0 Å². The lowest BCUT2D eigenvalue weighted by Gasteiger charge is -2.22. The number of carbonyl (C=O) groups is 4. The van der Waals surface area contributed by atoms with E-state index in [1.54, 1.807) is 19.2 Å². The molecule has 3 amide bonds. The summed E-state index contributed by atoms with van der Waals surface area (Å²) in [5.74, 6) is -1.62. The second-order valence-corrected chi connectivity index (χ2v) is 6.90. The van der Waals surface area contributed by atoms with Crippen LogP contribution in [0.4, 0.5) is 5.69 Å². The van der Waals surface area contributed by atoms with Crippen LogP contribution in [0.1, 0.15) is 35.7 Å². The van der Waals surface area contributed by atoms with Gasteiger partial charge in [0.05, 0.1) is 11.3 Å². The lowest BCUT2D eigenvalue weighted by molar-refractivity contribution is -0.139. The van der Waals surface area contributed by atoms with Crippen LogP contribution in [0.25, 0.3) is 0 Å². The Morgan fingerprint density at radius 2 is 1.69 bits per heavy atom. The van der Waals surface area contributed by atoms with Gasteiger partial charge in [0.25, 0.3) is 5.91 Å². The Morgan fingerprint density at radius 1 is 1.03 bits per heavy atom. The zero-order valence-corrected chi connectivity index (χ0v) is 16.3. The van der Waals surface area contributed by atoms with Gasteiger partial charge in [-0.3, -0.25) is 19.3 Å². The normalized spacial score (nSPS) is 14.6. The number of carbonyl (C=O) groups excluding carboxylic acids is 4. The fourth-order valence-electron chi connectivity index (χ4n) is 3.16. The van der Waals surface area contributed by atoms with Crippen molar-refractivity contribution in [2.24, 2.45) is 0 Å². The van der Waals surface area contributed by atoms with Crippen molar-refractivity contribution in [3.05, 3.63) is 65.7 Å². The van der Waals surface area contributed by atoms with Gasteiger partial charge in [-0.25, -0.2) is 4.79 Å². The van der Waals surface area contributed by atoms with Gasteiger partial charge in [0.15, 0.2) is 6.10 Å². The number of imide groups is 1. The predicted octanol–water partition coefficient (Wildman–Crippen LogP) is 2.54. The molecule has 29 heavy (non-hydrogen) atoms. The molecule has 1 aliphatic rings. The average molecular weight is 394 g/mol. The summed E-state index contributed by atoms with van der Waals surface area (Å²) in [6.07, 6.45) is -0.658. The van der Waals surface area contributed by atoms with E-state index in [4.69, 9.17) is 4.74 Å². The van der Waals surface area contributed by atoms with Crippen LogP contribution in [0.5, 0.6) is 0 Å². The van der Waals surface area contributed by atoms with Crippen LogP contribution in [0.2, 0.25) is 0 Å². The Morgan fingerprint density at radius 3 is 2.34 bits per heavy atom. The minimum atomic E-state index is -0.977. The number of likely N-dealkylation sites (N-methyl/N-ethyl adjacent to an activating group) is 1. The molecule has 0 radical (unpaired) electrons. The summed E-state index contributed by atoms with van der Waals surface area (Å²) in [5.41, 5.74) is 1.46. The molecule has 0 saturated carbocycles. The highest BCUT2D eigenvalue weighted by atomic mass is 16.5. The van der Waals surface area contributed by atoms with Crippen LogP contribution >= 0.6 is 0 Å². The van der Waals surface area contributed by atoms with Crippen LogP contribution in [0.3, 0.4) is 0 Å². The van der Waals surface area contributed by atoms with E-state index in [9.17, 15) is 19.2 Å². The number of anilines is 1. The predicted molar refractivity (Wildman–Crippen MR) is 106 cm³/mol. The maximum absolute atomic E-state index is 12.5. The zero-order chi connectivity index (χ0) is 21.0. The molecular formula is C22H22N2O5. The zero-order valence-electron chi connectivity index (χ0n) is 16.3. The van der Waals surface area contributed by atoms with E-state index >= 15 is 0 Å². The molecule has 3 rings (SSSR count). The molecule has 0 bridgehead atoms. The molecule has 0 aliphatic carbocycles. The summed E-state index contributed by atoms with van der Waals surface area (Å²) >= 11 is 0. The molecule has 2 aromatic carbocycles.